The van der Waals surface area contributed by atoms with Crippen molar-refractivity contribution in [2.75, 3.05) is 42.5 Å². The average Bonchev–Trinajstić information content (AvgIpc) is 3.43. The minimum absolute atomic E-state index is 0.0416. The molecule has 2 saturated heterocycles. The molecule has 3 fully saturated rings. The van der Waals surface area contributed by atoms with Crippen molar-refractivity contribution in [3.05, 3.63) is 47.3 Å². The Hall–Kier alpha value is -3.27. The first kappa shape index (κ1) is 24.1. The molecular formula is C27H37N9O. The smallest absolute Gasteiger partial charge is 0.254 e. The summed E-state index contributed by atoms with van der Waals surface area (Å²) in [5, 5.41) is 12.4. The van der Waals surface area contributed by atoms with Crippen molar-refractivity contribution >= 4 is 11.5 Å². The van der Waals surface area contributed by atoms with Crippen LogP contribution in [-0.2, 0) is 0 Å². The second-order valence-electron chi connectivity index (χ2n) is 11.1. The molecule has 0 amide bonds. The summed E-state index contributed by atoms with van der Waals surface area (Å²) in [6.45, 7) is 9.27. The Bertz CT molecular complexity index is 1280. The zero-order valence-corrected chi connectivity index (χ0v) is 21.8. The first-order chi connectivity index (χ1) is 18.0. The van der Waals surface area contributed by atoms with Crippen LogP contribution in [0.25, 0.3) is 11.4 Å². The number of hydrogen-bond acceptors (Lipinski definition) is 8. The van der Waals surface area contributed by atoms with Gasteiger partial charge in [-0.3, -0.25) is 14.3 Å². The topological polar surface area (TPSA) is 97.0 Å². The zero-order chi connectivity index (χ0) is 25.4. The van der Waals surface area contributed by atoms with Crippen LogP contribution in [0.2, 0.25) is 0 Å². The molecule has 3 aromatic rings. The van der Waals surface area contributed by atoms with Crippen molar-refractivity contribution in [2.45, 2.75) is 58.2 Å². The Morgan fingerprint density at radius 2 is 1.97 bits per heavy atom. The van der Waals surface area contributed by atoms with Crippen LogP contribution in [0.3, 0.4) is 0 Å². The lowest BCUT2D eigenvalue weighted by molar-refractivity contribution is 0.403. The van der Waals surface area contributed by atoms with Crippen molar-refractivity contribution in [3.63, 3.8) is 0 Å². The van der Waals surface area contributed by atoms with E-state index in [-0.39, 0.29) is 11.7 Å². The molecule has 1 aliphatic carbocycles. The fourth-order valence-electron chi connectivity index (χ4n) is 5.50. The number of pyridine rings is 1. The molecule has 0 bridgehead atoms. The number of piperidine rings is 1. The molecule has 196 valence electrons. The second kappa shape index (κ2) is 10.2. The molecule has 10 nitrogen and oxygen atoms in total. The van der Waals surface area contributed by atoms with Gasteiger partial charge in [0, 0.05) is 50.2 Å². The molecular weight excluding hydrogens is 466 g/mol. The van der Waals surface area contributed by atoms with Crippen LogP contribution < -0.4 is 20.7 Å². The Morgan fingerprint density at radius 1 is 1.08 bits per heavy atom. The highest BCUT2D eigenvalue weighted by molar-refractivity contribution is 5.54. The SMILES string of the molecule is CC(n1cc(-c2cncc(N3CC[C@H](C)C3)n2)nn1)n1ccc(N2CCC[C@@H](NCC3CC3)C2)cc1=O. The van der Waals surface area contributed by atoms with Gasteiger partial charge in [0.25, 0.3) is 5.56 Å². The highest BCUT2D eigenvalue weighted by Crippen LogP contribution is 2.28. The van der Waals surface area contributed by atoms with E-state index in [0.717, 1.165) is 56.6 Å². The lowest BCUT2D eigenvalue weighted by atomic mass is 10.0. The highest BCUT2D eigenvalue weighted by atomic mass is 16.1. The first-order valence-corrected chi connectivity index (χ1v) is 13.7. The predicted octanol–water partition coefficient (Wildman–Crippen LogP) is 2.78. The number of nitrogens with zero attached hydrogens (tertiary/aromatic N) is 8. The van der Waals surface area contributed by atoms with Gasteiger partial charge in [0.2, 0.25) is 0 Å². The Balaban J connectivity index is 1.14. The van der Waals surface area contributed by atoms with Gasteiger partial charge in [0.15, 0.2) is 0 Å². The average molecular weight is 504 g/mol. The molecule has 3 aliphatic rings. The maximum absolute atomic E-state index is 13.1. The minimum Gasteiger partial charge on any atom is -0.370 e. The summed E-state index contributed by atoms with van der Waals surface area (Å²) in [5.74, 6) is 2.42. The zero-order valence-electron chi connectivity index (χ0n) is 21.8. The summed E-state index contributed by atoms with van der Waals surface area (Å²) in [6.07, 6.45) is 13.2. The number of aromatic nitrogens is 6. The number of rotatable bonds is 8. The van der Waals surface area contributed by atoms with Crippen molar-refractivity contribution < 1.29 is 0 Å². The van der Waals surface area contributed by atoms with Crippen LogP contribution in [0.15, 0.2) is 41.7 Å². The quantitative estimate of drug-likeness (QED) is 0.501. The maximum Gasteiger partial charge on any atom is 0.254 e. The third-order valence-electron chi connectivity index (χ3n) is 8.04. The van der Waals surface area contributed by atoms with Gasteiger partial charge in [-0.05, 0) is 63.5 Å². The molecule has 6 rings (SSSR count). The summed E-state index contributed by atoms with van der Waals surface area (Å²) >= 11 is 0. The van der Waals surface area contributed by atoms with Crippen LogP contribution in [0.5, 0.6) is 0 Å². The van der Waals surface area contributed by atoms with Gasteiger partial charge in [-0.25, -0.2) is 9.67 Å². The third-order valence-corrected chi connectivity index (χ3v) is 8.04. The summed E-state index contributed by atoms with van der Waals surface area (Å²) in [7, 11) is 0. The fourth-order valence-corrected chi connectivity index (χ4v) is 5.50. The van der Waals surface area contributed by atoms with Gasteiger partial charge in [0.1, 0.15) is 23.4 Å². The molecule has 1 N–H and O–H groups in total. The lowest BCUT2D eigenvalue weighted by Gasteiger charge is -2.35. The molecule has 0 radical (unpaired) electrons. The van der Waals surface area contributed by atoms with Gasteiger partial charge in [-0.15, -0.1) is 5.10 Å². The van der Waals surface area contributed by atoms with Gasteiger partial charge >= 0.3 is 0 Å². The summed E-state index contributed by atoms with van der Waals surface area (Å²) in [6, 6.07) is 4.30. The maximum atomic E-state index is 13.1. The van der Waals surface area contributed by atoms with Gasteiger partial charge < -0.3 is 15.1 Å². The molecule has 3 atom stereocenters. The van der Waals surface area contributed by atoms with Crippen LogP contribution in [0, 0.1) is 11.8 Å². The Kier molecular flexibility index (Phi) is 6.67. The number of hydrogen-bond donors (Lipinski definition) is 1. The van der Waals surface area contributed by atoms with E-state index in [1.54, 1.807) is 21.5 Å². The van der Waals surface area contributed by atoms with E-state index in [4.69, 9.17) is 4.98 Å². The van der Waals surface area contributed by atoms with Crippen LogP contribution in [-0.4, -0.2) is 68.3 Å². The van der Waals surface area contributed by atoms with Crippen molar-refractivity contribution in [3.8, 4) is 11.4 Å². The predicted molar refractivity (Wildman–Crippen MR) is 144 cm³/mol. The molecule has 10 heteroatoms. The number of anilines is 2. The van der Waals surface area contributed by atoms with E-state index in [9.17, 15) is 4.79 Å². The molecule has 2 aliphatic heterocycles. The minimum atomic E-state index is -0.312. The molecule has 5 heterocycles. The lowest BCUT2D eigenvalue weighted by Crippen LogP contribution is -2.46. The van der Waals surface area contributed by atoms with Crippen LogP contribution in [0.1, 0.15) is 52.1 Å². The van der Waals surface area contributed by atoms with Crippen molar-refractivity contribution in [1.82, 2.24) is 34.8 Å². The molecule has 1 saturated carbocycles. The van der Waals surface area contributed by atoms with Crippen LogP contribution in [0.4, 0.5) is 11.5 Å². The fraction of sp³-hybridized carbons (Fsp3) is 0.593. The Labute approximate surface area is 217 Å². The highest BCUT2D eigenvalue weighted by Gasteiger charge is 2.25. The van der Waals surface area contributed by atoms with Crippen molar-refractivity contribution in [1.29, 1.82) is 0 Å². The second-order valence-corrected chi connectivity index (χ2v) is 11.1. The molecule has 37 heavy (non-hydrogen) atoms. The summed E-state index contributed by atoms with van der Waals surface area (Å²) in [4.78, 5) is 26.9. The summed E-state index contributed by atoms with van der Waals surface area (Å²) < 4.78 is 3.41. The number of nitrogens with one attached hydrogen (secondary N) is 1. The molecule has 1 unspecified atom stereocenters. The van der Waals surface area contributed by atoms with E-state index in [0.29, 0.717) is 23.3 Å². The van der Waals surface area contributed by atoms with E-state index >= 15 is 0 Å². The third kappa shape index (κ3) is 5.39. The van der Waals surface area contributed by atoms with Crippen molar-refractivity contribution in [2.24, 2.45) is 11.8 Å². The monoisotopic (exact) mass is 503 g/mol. The molecule has 0 spiro atoms. The van der Waals surface area contributed by atoms with E-state index < -0.39 is 0 Å². The standard InChI is InChI=1S/C27H37N9O/c1-19-7-10-34(16-19)26-15-28-14-24(30-26)25-18-36(32-31-25)20(2)35-11-8-23(12-27(35)37)33-9-3-4-22(17-33)29-13-21-5-6-21/h8,11-12,14-15,18-22,29H,3-7,9-10,13,16-17H2,1-2H3/t19-,20?,22+/m0/s1. The van der Waals surface area contributed by atoms with Gasteiger partial charge in [-0.2, -0.15) is 0 Å². The Morgan fingerprint density at radius 3 is 2.76 bits per heavy atom. The van der Waals surface area contributed by atoms with Crippen LogP contribution >= 0.6 is 0 Å². The largest absolute Gasteiger partial charge is 0.370 e. The normalized spacial score (nSPS) is 23.0. The van der Waals surface area contributed by atoms with E-state index in [1.807, 2.05) is 31.6 Å². The van der Waals surface area contributed by atoms with Gasteiger partial charge in [0.05, 0.1) is 18.6 Å². The first-order valence-electron chi connectivity index (χ1n) is 13.7. The van der Waals surface area contributed by atoms with E-state index in [2.05, 4.69) is 37.3 Å². The molecule has 3 aromatic heterocycles. The van der Waals surface area contributed by atoms with E-state index in [1.165, 1.54) is 25.7 Å². The van der Waals surface area contributed by atoms with Gasteiger partial charge in [-0.1, -0.05) is 12.1 Å². The molecule has 0 aromatic carbocycles. The summed E-state index contributed by atoms with van der Waals surface area (Å²) in [5.41, 5.74) is 2.29.